The Labute approximate surface area is 116 Å². The monoisotopic (exact) mass is 281 g/mol. The van der Waals surface area contributed by atoms with Gasteiger partial charge in [0.25, 0.3) is 0 Å². The SMILES string of the molecule is NC(CCCc1cccs1)Cc1cc(F)ccc1F. The van der Waals surface area contributed by atoms with E-state index in [-0.39, 0.29) is 11.9 Å². The van der Waals surface area contributed by atoms with Gasteiger partial charge >= 0.3 is 0 Å². The number of nitrogens with two attached hydrogens (primary N) is 1. The van der Waals surface area contributed by atoms with Gasteiger partial charge in [-0.25, -0.2) is 8.78 Å². The second kappa shape index (κ2) is 6.78. The first-order valence-electron chi connectivity index (χ1n) is 6.37. The minimum Gasteiger partial charge on any atom is -0.327 e. The molecule has 102 valence electrons. The molecule has 4 heteroatoms. The molecule has 1 heterocycles. The lowest BCUT2D eigenvalue weighted by molar-refractivity contribution is 0.543. The molecule has 0 saturated heterocycles. The van der Waals surface area contributed by atoms with E-state index >= 15 is 0 Å². The molecule has 2 aromatic rings. The van der Waals surface area contributed by atoms with Gasteiger partial charge in [0.2, 0.25) is 0 Å². The van der Waals surface area contributed by atoms with E-state index in [9.17, 15) is 8.78 Å². The second-order valence-electron chi connectivity index (χ2n) is 4.67. The van der Waals surface area contributed by atoms with Crippen molar-refractivity contribution in [1.29, 1.82) is 0 Å². The van der Waals surface area contributed by atoms with E-state index in [0.29, 0.717) is 12.0 Å². The van der Waals surface area contributed by atoms with Crippen LogP contribution in [-0.2, 0) is 12.8 Å². The molecule has 0 aliphatic rings. The van der Waals surface area contributed by atoms with Crippen LogP contribution in [0.1, 0.15) is 23.3 Å². The summed E-state index contributed by atoms with van der Waals surface area (Å²) < 4.78 is 26.5. The van der Waals surface area contributed by atoms with Crippen LogP contribution in [0.5, 0.6) is 0 Å². The Hall–Kier alpha value is -1.26. The summed E-state index contributed by atoms with van der Waals surface area (Å²) in [5.74, 6) is -0.794. The van der Waals surface area contributed by atoms with Crippen LogP contribution >= 0.6 is 11.3 Å². The Bertz CT molecular complexity index is 511. The van der Waals surface area contributed by atoms with Crippen molar-refractivity contribution in [3.05, 3.63) is 57.8 Å². The molecule has 1 aromatic carbocycles. The number of thiophene rings is 1. The number of aryl methyl sites for hydroxylation is 1. The molecule has 1 aromatic heterocycles. The second-order valence-corrected chi connectivity index (χ2v) is 5.70. The highest BCUT2D eigenvalue weighted by molar-refractivity contribution is 7.09. The van der Waals surface area contributed by atoms with Crippen molar-refractivity contribution in [2.75, 3.05) is 0 Å². The molecular weight excluding hydrogens is 264 g/mol. The molecule has 1 unspecified atom stereocenters. The van der Waals surface area contributed by atoms with E-state index in [1.165, 1.54) is 10.9 Å². The van der Waals surface area contributed by atoms with Gasteiger partial charge < -0.3 is 5.73 Å². The van der Waals surface area contributed by atoms with Crippen LogP contribution < -0.4 is 5.73 Å². The fourth-order valence-electron chi connectivity index (χ4n) is 2.08. The standard InChI is InChI=1S/C15H17F2NS/c16-12-6-7-15(17)11(9-12)10-13(18)3-1-4-14-5-2-8-19-14/h2,5-9,13H,1,3-4,10,18H2. The van der Waals surface area contributed by atoms with E-state index in [1.54, 1.807) is 11.3 Å². The summed E-state index contributed by atoms with van der Waals surface area (Å²) >= 11 is 1.73. The molecule has 1 nitrogen and oxygen atoms in total. The normalized spacial score (nSPS) is 12.6. The molecule has 0 bridgehead atoms. The lowest BCUT2D eigenvalue weighted by atomic mass is 10.0. The first-order chi connectivity index (χ1) is 9.15. The van der Waals surface area contributed by atoms with Crippen LogP contribution in [0.15, 0.2) is 35.7 Å². The highest BCUT2D eigenvalue weighted by Crippen LogP contribution is 2.15. The molecule has 0 saturated carbocycles. The fraction of sp³-hybridized carbons (Fsp3) is 0.333. The Morgan fingerprint density at radius 2 is 2.05 bits per heavy atom. The van der Waals surface area contributed by atoms with Crippen molar-refractivity contribution in [2.45, 2.75) is 31.7 Å². The van der Waals surface area contributed by atoms with Crippen LogP contribution in [0.3, 0.4) is 0 Å². The number of halogens is 2. The molecule has 0 amide bonds. The molecular formula is C15H17F2NS. The van der Waals surface area contributed by atoms with E-state index in [4.69, 9.17) is 5.73 Å². The van der Waals surface area contributed by atoms with E-state index < -0.39 is 5.82 Å². The van der Waals surface area contributed by atoms with Gasteiger partial charge in [-0.15, -0.1) is 11.3 Å². The van der Waals surface area contributed by atoms with Gasteiger partial charge in [0.1, 0.15) is 11.6 Å². The summed E-state index contributed by atoms with van der Waals surface area (Å²) in [6, 6.07) is 7.51. The molecule has 2 rings (SSSR count). The molecule has 2 N–H and O–H groups in total. The lowest BCUT2D eigenvalue weighted by Gasteiger charge is -2.12. The zero-order valence-corrected chi connectivity index (χ0v) is 11.4. The molecule has 19 heavy (non-hydrogen) atoms. The first-order valence-corrected chi connectivity index (χ1v) is 7.25. The third-order valence-corrected chi connectivity index (χ3v) is 4.00. The Morgan fingerprint density at radius 3 is 2.79 bits per heavy atom. The predicted molar refractivity (Wildman–Crippen MR) is 75.3 cm³/mol. The minimum atomic E-state index is -0.415. The summed E-state index contributed by atoms with van der Waals surface area (Å²) in [4.78, 5) is 1.34. The molecule has 0 aliphatic carbocycles. The zero-order valence-electron chi connectivity index (χ0n) is 10.6. The summed E-state index contributed by atoms with van der Waals surface area (Å²) in [6.07, 6.45) is 3.16. The van der Waals surface area contributed by atoms with Gasteiger partial charge in [-0.1, -0.05) is 6.07 Å². The van der Waals surface area contributed by atoms with Crippen LogP contribution in [-0.4, -0.2) is 6.04 Å². The average molecular weight is 281 g/mol. The van der Waals surface area contributed by atoms with Crippen LogP contribution in [0.25, 0.3) is 0 Å². The van der Waals surface area contributed by atoms with Crippen molar-refractivity contribution < 1.29 is 8.78 Å². The minimum absolute atomic E-state index is 0.128. The van der Waals surface area contributed by atoms with Gasteiger partial charge in [-0.3, -0.25) is 0 Å². The number of hydrogen-bond acceptors (Lipinski definition) is 2. The van der Waals surface area contributed by atoms with Gasteiger partial charge in [-0.2, -0.15) is 0 Å². The quantitative estimate of drug-likeness (QED) is 0.853. The predicted octanol–water partition coefficient (Wildman–Crippen LogP) is 3.92. The highest BCUT2D eigenvalue weighted by Gasteiger charge is 2.09. The topological polar surface area (TPSA) is 26.0 Å². The van der Waals surface area contributed by atoms with E-state index in [1.807, 2.05) is 6.07 Å². The first kappa shape index (κ1) is 14.2. The Balaban J connectivity index is 1.80. The summed E-state index contributed by atoms with van der Waals surface area (Å²) in [5.41, 5.74) is 6.34. The van der Waals surface area contributed by atoms with Crippen LogP contribution in [0.4, 0.5) is 8.78 Å². The summed E-state index contributed by atoms with van der Waals surface area (Å²) in [6.45, 7) is 0. The highest BCUT2D eigenvalue weighted by atomic mass is 32.1. The Kier molecular flexibility index (Phi) is 5.05. The average Bonchev–Trinajstić information content (AvgIpc) is 2.87. The summed E-state index contributed by atoms with van der Waals surface area (Å²) in [5, 5.41) is 2.05. The largest absolute Gasteiger partial charge is 0.327 e. The molecule has 0 aliphatic heterocycles. The van der Waals surface area contributed by atoms with Crippen LogP contribution in [0, 0.1) is 11.6 Å². The zero-order chi connectivity index (χ0) is 13.7. The third kappa shape index (κ3) is 4.40. The van der Waals surface area contributed by atoms with Gasteiger partial charge in [-0.05, 0) is 60.9 Å². The van der Waals surface area contributed by atoms with Gasteiger partial charge in [0.15, 0.2) is 0 Å². The van der Waals surface area contributed by atoms with Crippen molar-refractivity contribution >= 4 is 11.3 Å². The number of hydrogen-bond donors (Lipinski definition) is 1. The Morgan fingerprint density at radius 1 is 1.21 bits per heavy atom. The third-order valence-electron chi connectivity index (χ3n) is 3.07. The molecule has 0 spiro atoms. The maximum Gasteiger partial charge on any atom is 0.126 e. The van der Waals surface area contributed by atoms with E-state index in [2.05, 4.69) is 11.4 Å². The molecule has 0 radical (unpaired) electrons. The number of rotatable bonds is 6. The van der Waals surface area contributed by atoms with Crippen molar-refractivity contribution in [2.24, 2.45) is 5.73 Å². The lowest BCUT2D eigenvalue weighted by Crippen LogP contribution is -2.23. The fourth-order valence-corrected chi connectivity index (χ4v) is 2.83. The maximum atomic E-state index is 13.5. The van der Waals surface area contributed by atoms with Gasteiger partial charge in [0.05, 0.1) is 0 Å². The molecule has 1 atom stereocenters. The van der Waals surface area contributed by atoms with Crippen molar-refractivity contribution in [1.82, 2.24) is 0 Å². The van der Waals surface area contributed by atoms with Gasteiger partial charge in [0, 0.05) is 10.9 Å². The maximum absolute atomic E-state index is 13.5. The van der Waals surface area contributed by atoms with Crippen molar-refractivity contribution in [3.8, 4) is 0 Å². The van der Waals surface area contributed by atoms with Crippen LogP contribution in [0.2, 0.25) is 0 Å². The number of benzene rings is 1. The van der Waals surface area contributed by atoms with E-state index in [0.717, 1.165) is 31.4 Å². The summed E-state index contributed by atoms with van der Waals surface area (Å²) in [7, 11) is 0. The smallest absolute Gasteiger partial charge is 0.126 e. The molecule has 0 fully saturated rings. The van der Waals surface area contributed by atoms with Crippen molar-refractivity contribution in [3.63, 3.8) is 0 Å².